The molecule has 0 aromatic heterocycles. The molecule has 0 aliphatic heterocycles. The summed E-state index contributed by atoms with van der Waals surface area (Å²) in [5.41, 5.74) is 2.75. The third-order valence-electron chi connectivity index (χ3n) is 3.72. The molecule has 0 aromatic rings. The van der Waals surface area contributed by atoms with Crippen LogP contribution in [0.1, 0.15) is 40.0 Å². The summed E-state index contributed by atoms with van der Waals surface area (Å²) in [7, 11) is 0. The van der Waals surface area contributed by atoms with E-state index in [1.165, 1.54) is 17.7 Å². The van der Waals surface area contributed by atoms with E-state index in [1.54, 1.807) is 6.08 Å². The van der Waals surface area contributed by atoms with Gasteiger partial charge >= 0.3 is 0 Å². The fraction of sp³-hybridized carbons (Fsp3) is 0.643. The number of rotatable bonds is 4. The Labute approximate surface area is 113 Å². The van der Waals surface area contributed by atoms with Gasteiger partial charge in [0.25, 0.3) is 0 Å². The molecule has 2 nitrogen and oxygen atoms in total. The maximum Gasteiger partial charge on any atom is 0.237 e. The van der Waals surface area contributed by atoms with E-state index in [2.05, 4.69) is 43.3 Å². The molecule has 0 bridgehead atoms. The number of alkyl halides is 1. The number of carbonyl (C=O) groups excluding carboxylic acids is 1. The lowest BCUT2D eigenvalue weighted by atomic mass is 9.75. The van der Waals surface area contributed by atoms with Crippen molar-refractivity contribution in [3.63, 3.8) is 0 Å². The first-order valence-corrected chi connectivity index (χ1v) is 7.23. The van der Waals surface area contributed by atoms with Gasteiger partial charge in [-0.05, 0) is 37.2 Å². The highest BCUT2D eigenvalue weighted by atomic mass is 79.9. The molecule has 0 radical (unpaired) electrons. The summed E-state index contributed by atoms with van der Waals surface area (Å²) < 4.78 is 0. The van der Waals surface area contributed by atoms with E-state index in [1.807, 2.05) is 4.90 Å². The Morgan fingerprint density at radius 1 is 1.59 bits per heavy atom. The Balaban J connectivity index is 3.08. The van der Waals surface area contributed by atoms with Gasteiger partial charge in [0.1, 0.15) is 0 Å². The smallest absolute Gasteiger partial charge is 0.237 e. The summed E-state index contributed by atoms with van der Waals surface area (Å²) in [5, 5.41) is 0.373. The summed E-state index contributed by atoms with van der Waals surface area (Å²) in [6.45, 7) is 11.0. The normalized spacial score (nSPS) is 19.1. The summed E-state index contributed by atoms with van der Waals surface area (Å²) in [4.78, 5) is 13.8. The molecule has 0 aromatic carbocycles. The average Bonchev–Trinajstić information content (AvgIpc) is 2.29. The van der Waals surface area contributed by atoms with Crippen LogP contribution in [-0.4, -0.2) is 22.7 Å². The van der Waals surface area contributed by atoms with E-state index in [0.717, 1.165) is 12.8 Å². The summed E-state index contributed by atoms with van der Waals surface area (Å²) in [6.07, 6.45) is 5.15. The molecule has 17 heavy (non-hydrogen) atoms. The van der Waals surface area contributed by atoms with Crippen molar-refractivity contribution in [2.75, 3.05) is 11.9 Å². The Bertz CT molecular complexity index is 344. The Morgan fingerprint density at radius 3 is 2.76 bits per heavy atom. The SMILES string of the molecule is C=CCN(C(=O)CBr)C1=C(C)C(C)(C)CCC1. The first-order chi connectivity index (χ1) is 7.94. The van der Waals surface area contributed by atoms with Crippen LogP contribution in [0.2, 0.25) is 0 Å². The number of carbonyl (C=O) groups is 1. The topological polar surface area (TPSA) is 20.3 Å². The molecule has 96 valence electrons. The fourth-order valence-electron chi connectivity index (χ4n) is 2.36. The number of allylic oxidation sites excluding steroid dienone is 2. The van der Waals surface area contributed by atoms with Gasteiger partial charge in [-0.1, -0.05) is 35.9 Å². The van der Waals surface area contributed by atoms with Gasteiger partial charge in [-0.15, -0.1) is 6.58 Å². The molecular formula is C14H22BrNO. The highest BCUT2D eigenvalue weighted by Gasteiger charge is 2.30. The van der Waals surface area contributed by atoms with Crippen molar-refractivity contribution < 1.29 is 4.79 Å². The molecule has 1 aliphatic rings. The Morgan fingerprint density at radius 2 is 2.24 bits per heavy atom. The van der Waals surface area contributed by atoms with Gasteiger partial charge in [0.2, 0.25) is 5.91 Å². The molecule has 0 unspecified atom stereocenters. The first kappa shape index (κ1) is 14.5. The van der Waals surface area contributed by atoms with Crippen LogP contribution in [0.4, 0.5) is 0 Å². The standard InChI is InChI=1S/C14H22BrNO/c1-5-9-16(13(17)10-15)12-7-6-8-14(3,4)11(12)2/h5H,1,6-10H2,2-4H3. The highest BCUT2D eigenvalue weighted by Crippen LogP contribution is 2.40. The van der Waals surface area contributed by atoms with Gasteiger partial charge in [-0.2, -0.15) is 0 Å². The molecule has 0 saturated carbocycles. The zero-order chi connectivity index (χ0) is 13.1. The average molecular weight is 300 g/mol. The molecule has 0 saturated heterocycles. The maximum atomic E-state index is 12.0. The summed E-state index contributed by atoms with van der Waals surface area (Å²) >= 11 is 3.25. The largest absolute Gasteiger partial charge is 0.312 e. The molecule has 1 aliphatic carbocycles. The number of hydrogen-bond donors (Lipinski definition) is 0. The molecular weight excluding hydrogens is 278 g/mol. The van der Waals surface area contributed by atoms with E-state index in [-0.39, 0.29) is 11.3 Å². The maximum absolute atomic E-state index is 12.0. The second-order valence-corrected chi connectivity index (χ2v) is 5.80. The predicted molar refractivity (Wildman–Crippen MR) is 76.0 cm³/mol. The molecule has 1 rings (SSSR count). The zero-order valence-corrected chi connectivity index (χ0v) is 12.6. The van der Waals surface area contributed by atoms with Gasteiger partial charge in [-0.3, -0.25) is 4.79 Å². The van der Waals surface area contributed by atoms with Crippen molar-refractivity contribution >= 4 is 21.8 Å². The lowest BCUT2D eigenvalue weighted by Crippen LogP contribution is -2.35. The van der Waals surface area contributed by atoms with E-state index >= 15 is 0 Å². The van der Waals surface area contributed by atoms with Crippen LogP contribution >= 0.6 is 15.9 Å². The van der Waals surface area contributed by atoms with Crippen LogP contribution < -0.4 is 0 Å². The second-order valence-electron chi connectivity index (χ2n) is 5.24. The summed E-state index contributed by atoms with van der Waals surface area (Å²) in [5.74, 6) is 0.122. The fourth-order valence-corrected chi connectivity index (χ4v) is 2.67. The first-order valence-electron chi connectivity index (χ1n) is 6.11. The van der Waals surface area contributed by atoms with Crippen molar-refractivity contribution in [3.8, 4) is 0 Å². The van der Waals surface area contributed by atoms with Gasteiger partial charge < -0.3 is 4.90 Å². The van der Waals surface area contributed by atoms with E-state index in [9.17, 15) is 4.79 Å². The van der Waals surface area contributed by atoms with E-state index in [0.29, 0.717) is 11.9 Å². The van der Waals surface area contributed by atoms with Crippen LogP contribution in [0.3, 0.4) is 0 Å². The number of nitrogens with zero attached hydrogens (tertiary/aromatic N) is 1. The molecule has 0 heterocycles. The van der Waals surface area contributed by atoms with Crippen LogP contribution in [0, 0.1) is 5.41 Å². The number of hydrogen-bond acceptors (Lipinski definition) is 1. The van der Waals surface area contributed by atoms with Crippen LogP contribution in [0.15, 0.2) is 23.9 Å². The minimum atomic E-state index is 0.122. The predicted octanol–water partition coefficient (Wildman–Crippen LogP) is 3.88. The lowest BCUT2D eigenvalue weighted by Gasteiger charge is -2.37. The van der Waals surface area contributed by atoms with Crippen LogP contribution in [0.25, 0.3) is 0 Å². The van der Waals surface area contributed by atoms with Gasteiger partial charge in [0.05, 0.1) is 5.33 Å². The van der Waals surface area contributed by atoms with Crippen molar-refractivity contribution in [2.24, 2.45) is 5.41 Å². The van der Waals surface area contributed by atoms with Crippen LogP contribution in [0.5, 0.6) is 0 Å². The van der Waals surface area contributed by atoms with Crippen molar-refractivity contribution in [2.45, 2.75) is 40.0 Å². The highest BCUT2D eigenvalue weighted by molar-refractivity contribution is 9.09. The number of amides is 1. The monoisotopic (exact) mass is 299 g/mol. The third-order valence-corrected chi connectivity index (χ3v) is 4.20. The molecule has 0 N–H and O–H groups in total. The van der Waals surface area contributed by atoms with Gasteiger partial charge in [0, 0.05) is 12.2 Å². The summed E-state index contributed by atoms with van der Waals surface area (Å²) in [6, 6.07) is 0. The molecule has 0 spiro atoms. The minimum absolute atomic E-state index is 0.122. The van der Waals surface area contributed by atoms with Crippen LogP contribution in [-0.2, 0) is 4.79 Å². The van der Waals surface area contributed by atoms with E-state index < -0.39 is 0 Å². The minimum Gasteiger partial charge on any atom is -0.312 e. The zero-order valence-electron chi connectivity index (χ0n) is 11.1. The third kappa shape index (κ3) is 3.21. The molecule has 3 heteroatoms. The number of halogens is 1. The quantitative estimate of drug-likeness (QED) is 0.570. The Kier molecular flexibility index (Phi) is 4.99. The second kappa shape index (κ2) is 5.85. The molecule has 0 atom stereocenters. The molecule has 1 amide bonds. The molecule has 0 fully saturated rings. The van der Waals surface area contributed by atoms with Crippen molar-refractivity contribution in [1.29, 1.82) is 0 Å². The van der Waals surface area contributed by atoms with Gasteiger partial charge in [-0.25, -0.2) is 0 Å². The Hall–Kier alpha value is -0.570. The van der Waals surface area contributed by atoms with Gasteiger partial charge in [0.15, 0.2) is 0 Å². The van der Waals surface area contributed by atoms with Crippen molar-refractivity contribution in [3.05, 3.63) is 23.9 Å². The van der Waals surface area contributed by atoms with Crippen molar-refractivity contribution in [1.82, 2.24) is 4.90 Å². The lowest BCUT2D eigenvalue weighted by molar-refractivity contribution is -0.126. The van der Waals surface area contributed by atoms with E-state index in [4.69, 9.17) is 0 Å².